The molecule has 0 aromatic carbocycles. The Hall–Kier alpha value is -0.120. The van der Waals surface area contributed by atoms with Gasteiger partial charge in [-0.15, -0.1) is 0 Å². The standard InChI is InChI=1S/C12H23NO2/c1-3-5-11(2)13-7-4-6-12(10-13)14-8-9-15-12/h11H,3-10H2,1-2H3. The first-order valence-corrected chi connectivity index (χ1v) is 6.28. The van der Waals surface area contributed by atoms with Gasteiger partial charge in [-0.3, -0.25) is 4.90 Å². The molecule has 0 saturated carbocycles. The molecule has 3 heteroatoms. The van der Waals surface area contributed by atoms with Crippen LogP contribution in [0.5, 0.6) is 0 Å². The maximum atomic E-state index is 5.78. The third-order valence-corrected chi connectivity index (χ3v) is 3.59. The van der Waals surface area contributed by atoms with Gasteiger partial charge in [0.15, 0.2) is 5.79 Å². The Bertz CT molecular complexity index is 202. The normalized spacial score (nSPS) is 28.4. The van der Waals surface area contributed by atoms with E-state index in [0.717, 1.165) is 26.2 Å². The van der Waals surface area contributed by atoms with Gasteiger partial charge in [-0.1, -0.05) is 13.3 Å². The average molecular weight is 213 g/mol. The quantitative estimate of drug-likeness (QED) is 0.716. The summed E-state index contributed by atoms with van der Waals surface area (Å²) in [5.74, 6) is -0.250. The van der Waals surface area contributed by atoms with Crippen LogP contribution in [0.3, 0.4) is 0 Å². The second-order valence-electron chi connectivity index (χ2n) is 4.82. The van der Waals surface area contributed by atoms with Gasteiger partial charge < -0.3 is 9.47 Å². The molecule has 0 N–H and O–H groups in total. The number of hydrogen-bond acceptors (Lipinski definition) is 3. The molecule has 0 bridgehead atoms. The van der Waals surface area contributed by atoms with Gasteiger partial charge in [-0.05, 0) is 26.3 Å². The monoisotopic (exact) mass is 213 g/mol. The van der Waals surface area contributed by atoms with Crippen molar-refractivity contribution in [3.63, 3.8) is 0 Å². The summed E-state index contributed by atoms with van der Waals surface area (Å²) in [5.41, 5.74) is 0. The molecule has 1 spiro atoms. The van der Waals surface area contributed by atoms with Crippen LogP contribution in [0.4, 0.5) is 0 Å². The van der Waals surface area contributed by atoms with E-state index in [9.17, 15) is 0 Å². The van der Waals surface area contributed by atoms with Crippen molar-refractivity contribution in [1.82, 2.24) is 4.90 Å². The molecule has 15 heavy (non-hydrogen) atoms. The van der Waals surface area contributed by atoms with Gasteiger partial charge in [0.25, 0.3) is 0 Å². The highest BCUT2D eigenvalue weighted by Gasteiger charge is 2.41. The van der Waals surface area contributed by atoms with E-state index in [0.29, 0.717) is 6.04 Å². The first kappa shape index (κ1) is 11.4. The van der Waals surface area contributed by atoms with E-state index in [-0.39, 0.29) is 5.79 Å². The van der Waals surface area contributed by atoms with Gasteiger partial charge in [0, 0.05) is 12.5 Å². The lowest BCUT2D eigenvalue weighted by Crippen LogP contribution is -2.51. The van der Waals surface area contributed by atoms with Crippen LogP contribution in [0.15, 0.2) is 0 Å². The Morgan fingerprint density at radius 3 is 2.73 bits per heavy atom. The fraction of sp³-hybridized carbons (Fsp3) is 1.00. The lowest BCUT2D eigenvalue weighted by atomic mass is 10.0. The third-order valence-electron chi connectivity index (χ3n) is 3.59. The number of likely N-dealkylation sites (tertiary alicyclic amines) is 1. The summed E-state index contributed by atoms with van der Waals surface area (Å²) >= 11 is 0. The van der Waals surface area contributed by atoms with E-state index in [4.69, 9.17) is 9.47 Å². The Kier molecular flexibility index (Phi) is 3.65. The molecule has 2 fully saturated rings. The van der Waals surface area contributed by atoms with Gasteiger partial charge in [0.05, 0.1) is 19.8 Å². The molecule has 0 amide bonds. The zero-order valence-electron chi connectivity index (χ0n) is 10.00. The lowest BCUT2D eigenvalue weighted by Gasteiger charge is -2.41. The fourth-order valence-corrected chi connectivity index (χ4v) is 2.73. The minimum absolute atomic E-state index is 0.250. The molecule has 1 unspecified atom stereocenters. The summed E-state index contributed by atoms with van der Waals surface area (Å²) < 4.78 is 11.6. The molecule has 2 rings (SSSR count). The molecule has 0 radical (unpaired) electrons. The molecule has 0 aromatic heterocycles. The summed E-state index contributed by atoms with van der Waals surface area (Å²) in [4.78, 5) is 2.53. The van der Waals surface area contributed by atoms with Gasteiger partial charge in [-0.2, -0.15) is 0 Å². The van der Waals surface area contributed by atoms with Crippen molar-refractivity contribution < 1.29 is 9.47 Å². The molecular weight excluding hydrogens is 190 g/mol. The van der Waals surface area contributed by atoms with Crippen LogP contribution in [0.1, 0.15) is 39.5 Å². The van der Waals surface area contributed by atoms with Crippen molar-refractivity contribution in [3.8, 4) is 0 Å². The minimum Gasteiger partial charge on any atom is -0.346 e. The molecule has 88 valence electrons. The summed E-state index contributed by atoms with van der Waals surface area (Å²) in [6.07, 6.45) is 4.80. The van der Waals surface area contributed by atoms with Crippen molar-refractivity contribution >= 4 is 0 Å². The highest BCUT2D eigenvalue weighted by atomic mass is 16.7. The number of rotatable bonds is 3. The van der Waals surface area contributed by atoms with Gasteiger partial charge in [0.1, 0.15) is 0 Å². The molecule has 2 heterocycles. The SMILES string of the molecule is CCCC(C)N1CCCC2(C1)OCCO2. The summed E-state index contributed by atoms with van der Waals surface area (Å²) in [7, 11) is 0. The van der Waals surface area contributed by atoms with Gasteiger partial charge >= 0.3 is 0 Å². The molecular formula is C12H23NO2. The molecule has 0 aromatic rings. The average Bonchev–Trinajstić information content (AvgIpc) is 2.67. The highest BCUT2D eigenvalue weighted by molar-refractivity contribution is 4.85. The van der Waals surface area contributed by atoms with E-state index in [1.54, 1.807) is 0 Å². The number of piperidine rings is 1. The van der Waals surface area contributed by atoms with Crippen LogP contribution in [0.2, 0.25) is 0 Å². The van der Waals surface area contributed by atoms with Crippen LogP contribution in [-0.2, 0) is 9.47 Å². The third kappa shape index (κ3) is 2.52. The molecule has 3 nitrogen and oxygen atoms in total. The Morgan fingerprint density at radius 2 is 2.07 bits per heavy atom. The molecule has 2 aliphatic heterocycles. The molecule has 2 aliphatic rings. The maximum absolute atomic E-state index is 5.78. The molecule has 2 saturated heterocycles. The lowest BCUT2D eigenvalue weighted by molar-refractivity contribution is -0.193. The zero-order valence-corrected chi connectivity index (χ0v) is 10.00. The largest absolute Gasteiger partial charge is 0.346 e. The van der Waals surface area contributed by atoms with Crippen LogP contribution in [0, 0.1) is 0 Å². The topological polar surface area (TPSA) is 21.7 Å². The van der Waals surface area contributed by atoms with E-state index in [1.165, 1.54) is 25.8 Å². The Balaban J connectivity index is 1.91. The van der Waals surface area contributed by atoms with Crippen molar-refractivity contribution in [2.24, 2.45) is 0 Å². The van der Waals surface area contributed by atoms with E-state index >= 15 is 0 Å². The summed E-state index contributed by atoms with van der Waals surface area (Å²) in [5, 5.41) is 0. The first-order valence-electron chi connectivity index (χ1n) is 6.28. The number of hydrogen-bond donors (Lipinski definition) is 0. The smallest absolute Gasteiger partial charge is 0.181 e. The summed E-state index contributed by atoms with van der Waals surface area (Å²) in [6.45, 7) is 8.28. The summed E-state index contributed by atoms with van der Waals surface area (Å²) in [6, 6.07) is 0.667. The molecule has 1 atom stereocenters. The molecule has 0 aliphatic carbocycles. The van der Waals surface area contributed by atoms with E-state index < -0.39 is 0 Å². The Morgan fingerprint density at radius 1 is 1.33 bits per heavy atom. The van der Waals surface area contributed by atoms with Crippen LogP contribution in [-0.4, -0.2) is 43.0 Å². The highest BCUT2D eigenvalue weighted by Crippen LogP contribution is 2.31. The fourth-order valence-electron chi connectivity index (χ4n) is 2.73. The predicted molar refractivity (Wildman–Crippen MR) is 59.8 cm³/mol. The van der Waals surface area contributed by atoms with Crippen LogP contribution < -0.4 is 0 Å². The second-order valence-corrected chi connectivity index (χ2v) is 4.82. The van der Waals surface area contributed by atoms with Crippen molar-refractivity contribution in [3.05, 3.63) is 0 Å². The van der Waals surface area contributed by atoms with E-state index in [2.05, 4.69) is 18.7 Å². The zero-order chi connectivity index (χ0) is 10.7. The second kappa shape index (κ2) is 4.81. The minimum atomic E-state index is -0.250. The maximum Gasteiger partial charge on any atom is 0.181 e. The van der Waals surface area contributed by atoms with E-state index in [1.807, 2.05) is 0 Å². The predicted octanol–water partition coefficient (Wildman–Crippen LogP) is 2.01. The van der Waals surface area contributed by atoms with Crippen molar-refractivity contribution in [1.29, 1.82) is 0 Å². The van der Waals surface area contributed by atoms with Gasteiger partial charge in [0.2, 0.25) is 0 Å². The first-order chi connectivity index (χ1) is 7.26. The van der Waals surface area contributed by atoms with Crippen molar-refractivity contribution in [2.45, 2.75) is 51.4 Å². The van der Waals surface area contributed by atoms with Gasteiger partial charge in [-0.25, -0.2) is 0 Å². The number of nitrogens with zero attached hydrogens (tertiary/aromatic N) is 1. The van der Waals surface area contributed by atoms with Crippen LogP contribution >= 0.6 is 0 Å². The number of ether oxygens (including phenoxy) is 2. The van der Waals surface area contributed by atoms with Crippen molar-refractivity contribution in [2.75, 3.05) is 26.3 Å². The Labute approximate surface area is 92.7 Å². The van der Waals surface area contributed by atoms with Crippen LogP contribution in [0.25, 0.3) is 0 Å².